The van der Waals surface area contributed by atoms with Gasteiger partial charge in [0.05, 0.1) is 6.54 Å². The number of primary sulfonamides is 1. The second-order valence-corrected chi connectivity index (χ2v) is 6.70. The minimum absolute atomic E-state index is 0.130. The van der Waals surface area contributed by atoms with E-state index in [0.717, 1.165) is 36.1 Å². The van der Waals surface area contributed by atoms with E-state index in [9.17, 15) is 22.0 Å². The van der Waals surface area contributed by atoms with Gasteiger partial charge in [-0.15, -0.1) is 0 Å². The summed E-state index contributed by atoms with van der Waals surface area (Å²) in [7, 11) is -4.04. The van der Waals surface area contributed by atoms with Crippen molar-refractivity contribution in [1.82, 2.24) is 9.88 Å². The molecule has 2 rings (SSSR count). The van der Waals surface area contributed by atoms with Crippen LogP contribution in [0.5, 0.6) is 0 Å². The Bertz CT molecular complexity index is 624. The van der Waals surface area contributed by atoms with Crippen LogP contribution in [0.15, 0.2) is 17.2 Å². The molecule has 6 nitrogen and oxygen atoms in total. The van der Waals surface area contributed by atoms with Gasteiger partial charge in [-0.3, -0.25) is 4.79 Å². The lowest BCUT2D eigenvalue weighted by atomic mass is 10.3. The number of carbonyl (C=O) groups is 1. The second-order valence-electron chi connectivity index (χ2n) is 5.14. The van der Waals surface area contributed by atoms with E-state index in [1.165, 1.54) is 0 Å². The summed E-state index contributed by atoms with van der Waals surface area (Å²) in [5, 5.41) is 7.57. The first-order chi connectivity index (χ1) is 9.77. The zero-order valence-electron chi connectivity index (χ0n) is 11.3. The minimum atomic E-state index is -4.04. The molecule has 118 valence electrons. The molecular weight excluding hydrogens is 304 g/mol. The topological polar surface area (TPSA) is 94.2 Å². The van der Waals surface area contributed by atoms with Gasteiger partial charge in [0.25, 0.3) is 12.3 Å². The Morgan fingerprint density at radius 2 is 2.14 bits per heavy atom. The Morgan fingerprint density at radius 1 is 1.48 bits per heavy atom. The Labute approximate surface area is 121 Å². The van der Waals surface area contributed by atoms with Gasteiger partial charge in [0, 0.05) is 12.7 Å². The predicted octanol–water partition coefficient (Wildman–Crippen LogP) is 0.930. The number of sulfonamides is 1. The van der Waals surface area contributed by atoms with E-state index < -0.39 is 28.9 Å². The van der Waals surface area contributed by atoms with E-state index in [-0.39, 0.29) is 10.6 Å². The average Bonchev–Trinajstić information content (AvgIpc) is 3.06. The minimum Gasteiger partial charge on any atom is -0.351 e. The molecule has 1 saturated carbocycles. The van der Waals surface area contributed by atoms with Crippen molar-refractivity contribution in [3.8, 4) is 0 Å². The number of hydrogen-bond acceptors (Lipinski definition) is 3. The van der Waals surface area contributed by atoms with Crippen LogP contribution in [-0.2, 0) is 16.6 Å². The van der Waals surface area contributed by atoms with Gasteiger partial charge in [-0.25, -0.2) is 22.3 Å². The molecule has 1 heterocycles. The van der Waals surface area contributed by atoms with Crippen molar-refractivity contribution >= 4 is 15.9 Å². The molecule has 1 aliphatic carbocycles. The van der Waals surface area contributed by atoms with Crippen LogP contribution < -0.4 is 10.5 Å². The van der Waals surface area contributed by atoms with E-state index in [4.69, 9.17) is 5.14 Å². The molecule has 1 aromatic rings. The maximum Gasteiger partial charge on any atom is 0.267 e. The SMILES string of the molecule is NS(=O)(=O)c1cc(C(=O)NCCC2CC2)n(CC(F)F)c1. The third-order valence-electron chi connectivity index (χ3n) is 3.30. The van der Waals surface area contributed by atoms with Gasteiger partial charge in [-0.05, 0) is 18.4 Å². The molecule has 0 radical (unpaired) electrons. The van der Waals surface area contributed by atoms with Crippen LogP contribution in [0.3, 0.4) is 0 Å². The molecule has 0 bridgehead atoms. The Kier molecular flexibility index (Phi) is 4.62. The van der Waals surface area contributed by atoms with Gasteiger partial charge in [-0.1, -0.05) is 12.8 Å². The number of amides is 1. The molecule has 1 amide bonds. The first kappa shape index (κ1) is 15.9. The molecule has 1 aliphatic rings. The lowest BCUT2D eigenvalue weighted by Gasteiger charge is -2.08. The lowest BCUT2D eigenvalue weighted by molar-refractivity contribution is 0.0929. The zero-order chi connectivity index (χ0) is 15.6. The van der Waals surface area contributed by atoms with Crippen molar-refractivity contribution in [3.05, 3.63) is 18.0 Å². The standard InChI is InChI=1S/C12H17F2N3O3S/c13-11(14)7-17-6-9(21(15,19)20)5-10(17)12(18)16-4-3-8-1-2-8/h5-6,8,11H,1-4,7H2,(H,16,18)(H2,15,19,20). The van der Waals surface area contributed by atoms with Crippen LogP contribution in [-0.4, -0.2) is 31.9 Å². The molecule has 1 aromatic heterocycles. The second kappa shape index (κ2) is 6.10. The Morgan fingerprint density at radius 3 is 2.67 bits per heavy atom. The van der Waals surface area contributed by atoms with Crippen molar-refractivity contribution < 1.29 is 22.0 Å². The molecule has 0 aliphatic heterocycles. The molecular formula is C12H17F2N3O3S. The van der Waals surface area contributed by atoms with E-state index in [1.54, 1.807) is 0 Å². The van der Waals surface area contributed by atoms with Crippen LogP contribution >= 0.6 is 0 Å². The normalized spacial score (nSPS) is 15.4. The number of nitrogens with two attached hydrogens (primary N) is 1. The molecule has 0 unspecified atom stereocenters. The van der Waals surface area contributed by atoms with Gasteiger partial charge in [0.2, 0.25) is 10.0 Å². The summed E-state index contributed by atoms with van der Waals surface area (Å²) < 4.78 is 48.4. The predicted molar refractivity (Wildman–Crippen MR) is 71.5 cm³/mol. The van der Waals surface area contributed by atoms with E-state index in [1.807, 2.05) is 0 Å². The van der Waals surface area contributed by atoms with Gasteiger partial charge in [-0.2, -0.15) is 0 Å². The first-order valence-electron chi connectivity index (χ1n) is 6.56. The molecule has 21 heavy (non-hydrogen) atoms. The maximum atomic E-state index is 12.5. The fourth-order valence-corrected chi connectivity index (χ4v) is 2.57. The molecule has 0 spiro atoms. The van der Waals surface area contributed by atoms with E-state index in [0.29, 0.717) is 12.5 Å². The van der Waals surface area contributed by atoms with Crippen LogP contribution in [0.25, 0.3) is 0 Å². The van der Waals surface area contributed by atoms with Gasteiger partial charge >= 0.3 is 0 Å². The summed E-state index contributed by atoms with van der Waals surface area (Å²) >= 11 is 0. The molecule has 0 atom stereocenters. The van der Waals surface area contributed by atoms with Crippen LogP contribution in [0, 0.1) is 5.92 Å². The number of alkyl halides is 2. The monoisotopic (exact) mass is 321 g/mol. The summed E-state index contributed by atoms with van der Waals surface area (Å²) in [4.78, 5) is 11.6. The summed E-state index contributed by atoms with van der Waals surface area (Å²) in [5.74, 6) is 0.0457. The van der Waals surface area contributed by atoms with Gasteiger partial charge < -0.3 is 9.88 Å². The summed E-state index contributed by atoms with van der Waals surface area (Å²) in [6.07, 6.45) is 1.38. The van der Waals surface area contributed by atoms with Crippen LogP contribution in [0.4, 0.5) is 8.78 Å². The fraction of sp³-hybridized carbons (Fsp3) is 0.583. The average molecular weight is 321 g/mol. The largest absolute Gasteiger partial charge is 0.351 e. The van der Waals surface area contributed by atoms with Gasteiger partial charge in [0.1, 0.15) is 10.6 Å². The molecule has 1 fully saturated rings. The molecule has 9 heteroatoms. The highest BCUT2D eigenvalue weighted by molar-refractivity contribution is 7.89. The highest BCUT2D eigenvalue weighted by Gasteiger charge is 2.23. The van der Waals surface area contributed by atoms with E-state index >= 15 is 0 Å². The first-order valence-corrected chi connectivity index (χ1v) is 8.11. The highest BCUT2D eigenvalue weighted by Crippen LogP contribution is 2.31. The Hall–Kier alpha value is -1.48. The van der Waals surface area contributed by atoms with Crippen molar-refractivity contribution in [1.29, 1.82) is 0 Å². The van der Waals surface area contributed by atoms with Crippen molar-refractivity contribution in [2.24, 2.45) is 11.1 Å². The number of hydrogen-bond donors (Lipinski definition) is 2. The quantitative estimate of drug-likeness (QED) is 0.782. The van der Waals surface area contributed by atoms with Crippen molar-refractivity contribution in [2.75, 3.05) is 6.54 Å². The maximum absolute atomic E-state index is 12.5. The number of carbonyl (C=O) groups excluding carboxylic acids is 1. The smallest absolute Gasteiger partial charge is 0.267 e. The zero-order valence-corrected chi connectivity index (χ0v) is 12.1. The van der Waals surface area contributed by atoms with Crippen molar-refractivity contribution in [3.63, 3.8) is 0 Å². The number of aromatic nitrogens is 1. The fourth-order valence-electron chi connectivity index (χ4n) is 2.02. The third kappa shape index (κ3) is 4.50. The molecule has 0 aromatic carbocycles. The van der Waals surface area contributed by atoms with Crippen LogP contribution in [0.2, 0.25) is 0 Å². The molecule has 3 N–H and O–H groups in total. The Balaban J connectivity index is 2.13. The van der Waals surface area contributed by atoms with Crippen LogP contribution in [0.1, 0.15) is 29.8 Å². The van der Waals surface area contributed by atoms with Crippen molar-refractivity contribution in [2.45, 2.75) is 37.1 Å². The number of halogens is 2. The van der Waals surface area contributed by atoms with E-state index in [2.05, 4.69) is 5.32 Å². The summed E-state index contributed by atoms with van der Waals surface area (Å²) in [5.41, 5.74) is -0.130. The number of rotatable bonds is 7. The molecule has 0 saturated heterocycles. The third-order valence-corrected chi connectivity index (χ3v) is 4.18. The van der Waals surface area contributed by atoms with Gasteiger partial charge in [0.15, 0.2) is 0 Å². The summed E-state index contributed by atoms with van der Waals surface area (Å²) in [6, 6.07) is 1.02. The number of nitrogens with one attached hydrogen (secondary N) is 1. The number of nitrogens with zero attached hydrogens (tertiary/aromatic N) is 1. The summed E-state index contributed by atoms with van der Waals surface area (Å²) in [6.45, 7) is -0.324. The highest BCUT2D eigenvalue weighted by atomic mass is 32.2. The lowest BCUT2D eigenvalue weighted by Crippen LogP contribution is -2.27.